The molecule has 0 aliphatic heterocycles. The number of hydrogen-bond donors (Lipinski definition) is 2. The van der Waals surface area contributed by atoms with Crippen molar-refractivity contribution in [2.45, 2.75) is 0 Å². The molecule has 0 amide bonds. The molecule has 1 aromatic heterocycles. The van der Waals surface area contributed by atoms with Crippen LogP contribution in [0, 0.1) is 14.9 Å². The highest BCUT2D eigenvalue weighted by molar-refractivity contribution is 7.71. The van der Waals surface area contributed by atoms with Gasteiger partial charge in [-0.1, -0.05) is 0 Å². The van der Waals surface area contributed by atoms with Gasteiger partial charge in [-0.25, -0.2) is 9.77 Å². The first-order chi connectivity index (χ1) is 11.5. The smallest absolute Gasteiger partial charge is 0.269 e. The fourth-order valence-corrected chi connectivity index (χ4v) is 2.17. The fourth-order valence-electron chi connectivity index (χ4n) is 2.04. The van der Waals surface area contributed by atoms with Gasteiger partial charge in [-0.2, -0.15) is 5.10 Å². The van der Waals surface area contributed by atoms with Crippen molar-refractivity contribution in [1.29, 1.82) is 0 Å². The number of benzene rings is 2. The van der Waals surface area contributed by atoms with Crippen LogP contribution < -0.4 is 5.84 Å². The van der Waals surface area contributed by atoms with Gasteiger partial charge in [-0.3, -0.25) is 15.1 Å². The van der Waals surface area contributed by atoms with Crippen LogP contribution in [0.4, 0.5) is 11.4 Å². The Hall–Kier alpha value is -3.33. The molecule has 0 atom stereocenters. The van der Waals surface area contributed by atoms with Gasteiger partial charge in [0.1, 0.15) is 0 Å². The van der Waals surface area contributed by atoms with Crippen molar-refractivity contribution in [3.05, 3.63) is 69.0 Å². The van der Waals surface area contributed by atoms with Crippen molar-refractivity contribution < 1.29 is 4.92 Å². The Bertz CT molecular complexity index is 957. The monoisotopic (exact) mass is 340 g/mol. The Morgan fingerprint density at radius 2 is 1.88 bits per heavy atom. The van der Waals surface area contributed by atoms with Crippen LogP contribution in [0.2, 0.25) is 0 Å². The molecule has 2 aromatic carbocycles. The molecule has 3 rings (SSSR count). The van der Waals surface area contributed by atoms with Crippen LogP contribution in [0.1, 0.15) is 5.56 Å². The average Bonchev–Trinajstić information content (AvgIpc) is 2.93. The number of nitrogens with two attached hydrogens (primary N) is 1. The van der Waals surface area contributed by atoms with E-state index in [0.29, 0.717) is 10.6 Å². The second-order valence-corrected chi connectivity index (χ2v) is 5.26. The maximum absolute atomic E-state index is 10.6. The van der Waals surface area contributed by atoms with E-state index in [1.54, 1.807) is 18.3 Å². The maximum Gasteiger partial charge on any atom is 0.269 e. The summed E-state index contributed by atoms with van der Waals surface area (Å²) in [6.45, 7) is 0. The zero-order valence-electron chi connectivity index (χ0n) is 12.3. The van der Waals surface area contributed by atoms with E-state index in [1.807, 2.05) is 24.3 Å². The van der Waals surface area contributed by atoms with Gasteiger partial charge in [0, 0.05) is 23.9 Å². The second-order valence-electron chi connectivity index (χ2n) is 4.88. The highest BCUT2D eigenvalue weighted by atomic mass is 32.1. The lowest BCUT2D eigenvalue weighted by Crippen LogP contribution is -2.09. The average molecular weight is 340 g/mol. The number of nitro benzene ring substituents is 1. The number of aliphatic imine (C=N–C) groups is 1. The third-order valence-electron chi connectivity index (χ3n) is 3.30. The zero-order valence-corrected chi connectivity index (χ0v) is 13.1. The van der Waals surface area contributed by atoms with E-state index < -0.39 is 4.92 Å². The predicted octanol–water partition coefficient (Wildman–Crippen LogP) is 2.98. The van der Waals surface area contributed by atoms with E-state index >= 15 is 0 Å². The van der Waals surface area contributed by atoms with Gasteiger partial charge in [-0.15, -0.1) is 0 Å². The van der Waals surface area contributed by atoms with E-state index in [1.165, 1.54) is 16.8 Å². The molecule has 120 valence electrons. The summed E-state index contributed by atoms with van der Waals surface area (Å²) in [5.41, 5.74) is 2.35. The standard InChI is InChI=1S/C15H12N6O2S/c16-20-14(18-19-15(20)24)11-3-5-12(6-4-11)17-9-10-1-7-13(8-2-10)21(22)23/h1-9H,16H2,(H,19,24). The summed E-state index contributed by atoms with van der Waals surface area (Å²) in [6, 6.07) is 13.4. The Kier molecular flexibility index (Phi) is 4.17. The topological polar surface area (TPSA) is 115 Å². The minimum atomic E-state index is -0.438. The van der Waals surface area contributed by atoms with Crippen molar-refractivity contribution in [3.8, 4) is 11.4 Å². The van der Waals surface area contributed by atoms with Crippen LogP contribution in [0.3, 0.4) is 0 Å². The quantitative estimate of drug-likeness (QED) is 0.249. The summed E-state index contributed by atoms with van der Waals surface area (Å²) < 4.78 is 1.63. The molecule has 3 N–H and O–H groups in total. The number of hydrogen-bond acceptors (Lipinski definition) is 6. The van der Waals surface area contributed by atoms with Gasteiger partial charge in [0.2, 0.25) is 4.77 Å². The van der Waals surface area contributed by atoms with Crippen molar-refractivity contribution in [3.63, 3.8) is 0 Å². The highest BCUT2D eigenvalue weighted by Gasteiger charge is 2.06. The second kappa shape index (κ2) is 6.42. The molecule has 0 saturated heterocycles. The molecule has 0 unspecified atom stereocenters. The summed E-state index contributed by atoms with van der Waals surface area (Å²) in [7, 11) is 0. The lowest BCUT2D eigenvalue weighted by molar-refractivity contribution is -0.384. The number of non-ortho nitro benzene ring substituents is 1. The van der Waals surface area contributed by atoms with Gasteiger partial charge in [0.05, 0.1) is 10.6 Å². The largest absolute Gasteiger partial charge is 0.335 e. The maximum atomic E-state index is 10.6. The fraction of sp³-hybridized carbons (Fsp3) is 0. The van der Waals surface area contributed by atoms with Gasteiger partial charge in [0.15, 0.2) is 5.82 Å². The minimum absolute atomic E-state index is 0.0479. The normalized spacial score (nSPS) is 11.0. The summed E-state index contributed by atoms with van der Waals surface area (Å²) in [4.78, 5) is 14.5. The molecule has 9 heteroatoms. The van der Waals surface area contributed by atoms with Crippen LogP contribution in [0.5, 0.6) is 0 Å². The van der Waals surface area contributed by atoms with Crippen LogP contribution in [-0.2, 0) is 0 Å². The molecule has 1 heterocycles. The molecule has 0 aliphatic carbocycles. The Balaban J connectivity index is 1.77. The van der Waals surface area contributed by atoms with Crippen LogP contribution >= 0.6 is 12.2 Å². The molecule has 24 heavy (non-hydrogen) atoms. The first-order valence-corrected chi connectivity index (χ1v) is 7.27. The van der Waals surface area contributed by atoms with Crippen LogP contribution in [-0.4, -0.2) is 26.0 Å². The molecule has 0 spiro atoms. The first kappa shape index (κ1) is 15.6. The van der Waals surface area contributed by atoms with E-state index in [0.717, 1.165) is 16.8 Å². The van der Waals surface area contributed by atoms with E-state index in [2.05, 4.69) is 15.2 Å². The molecule has 8 nitrogen and oxygen atoms in total. The number of nitrogens with one attached hydrogen (secondary N) is 1. The SMILES string of the molecule is Nn1c(-c2ccc(N=Cc3ccc([N+](=O)[O-])cc3)cc2)n[nH]c1=S. The molecular weight excluding hydrogens is 328 g/mol. The summed E-state index contributed by atoms with van der Waals surface area (Å²) >= 11 is 4.98. The van der Waals surface area contributed by atoms with E-state index in [4.69, 9.17) is 18.1 Å². The third kappa shape index (κ3) is 3.20. The van der Waals surface area contributed by atoms with Crippen molar-refractivity contribution in [1.82, 2.24) is 14.9 Å². The number of nitrogen functional groups attached to an aromatic ring is 1. The molecular formula is C15H12N6O2S. The van der Waals surface area contributed by atoms with Crippen molar-refractivity contribution >= 4 is 29.8 Å². The number of nitro groups is 1. The van der Waals surface area contributed by atoms with E-state index in [-0.39, 0.29) is 5.69 Å². The Morgan fingerprint density at radius 1 is 1.21 bits per heavy atom. The third-order valence-corrected chi connectivity index (χ3v) is 3.58. The lowest BCUT2D eigenvalue weighted by Gasteiger charge is -2.01. The Morgan fingerprint density at radius 3 is 2.42 bits per heavy atom. The van der Waals surface area contributed by atoms with Crippen molar-refractivity contribution in [2.24, 2.45) is 4.99 Å². The van der Waals surface area contributed by atoms with Gasteiger partial charge < -0.3 is 5.84 Å². The lowest BCUT2D eigenvalue weighted by atomic mass is 10.2. The Labute approximate surface area is 141 Å². The number of nitrogens with zero attached hydrogens (tertiary/aromatic N) is 4. The summed E-state index contributed by atoms with van der Waals surface area (Å²) in [5, 5.41) is 17.3. The molecule has 0 fully saturated rings. The number of aromatic nitrogens is 3. The van der Waals surface area contributed by atoms with Gasteiger partial charge in [0.25, 0.3) is 5.69 Å². The summed E-state index contributed by atoms with van der Waals surface area (Å²) in [6.07, 6.45) is 1.64. The van der Waals surface area contributed by atoms with Crippen LogP contribution in [0.15, 0.2) is 53.5 Å². The highest BCUT2D eigenvalue weighted by Crippen LogP contribution is 2.20. The number of rotatable bonds is 4. The predicted molar refractivity (Wildman–Crippen MR) is 93.3 cm³/mol. The molecule has 3 aromatic rings. The van der Waals surface area contributed by atoms with Crippen molar-refractivity contribution in [2.75, 3.05) is 5.84 Å². The van der Waals surface area contributed by atoms with Gasteiger partial charge in [-0.05, 0) is 54.2 Å². The first-order valence-electron chi connectivity index (χ1n) is 6.86. The molecule has 0 saturated carbocycles. The minimum Gasteiger partial charge on any atom is -0.335 e. The van der Waals surface area contributed by atoms with Crippen LogP contribution in [0.25, 0.3) is 11.4 Å². The summed E-state index contributed by atoms with van der Waals surface area (Å²) in [5.74, 6) is 6.32. The zero-order chi connectivity index (χ0) is 17.1. The number of aromatic amines is 1. The molecule has 0 bridgehead atoms. The van der Waals surface area contributed by atoms with Gasteiger partial charge >= 0.3 is 0 Å². The number of H-pyrrole nitrogens is 1. The van der Waals surface area contributed by atoms with E-state index in [9.17, 15) is 10.1 Å². The molecule has 0 radical (unpaired) electrons. The molecule has 0 aliphatic rings.